The highest BCUT2D eigenvalue weighted by atomic mass is 32.2. The molecular formula is C17H24N2S. The Morgan fingerprint density at radius 2 is 1.90 bits per heavy atom. The molecule has 0 amide bonds. The highest BCUT2D eigenvalue weighted by Crippen LogP contribution is 2.51. The van der Waals surface area contributed by atoms with E-state index < -0.39 is 0 Å². The number of aryl methyl sites for hydroxylation is 1. The van der Waals surface area contributed by atoms with E-state index in [-0.39, 0.29) is 4.87 Å². The van der Waals surface area contributed by atoms with Crippen molar-refractivity contribution in [2.75, 3.05) is 0 Å². The molecule has 1 aliphatic carbocycles. The quantitative estimate of drug-likeness (QED) is 0.820. The van der Waals surface area contributed by atoms with E-state index in [2.05, 4.69) is 62.5 Å². The van der Waals surface area contributed by atoms with Crippen molar-refractivity contribution in [1.82, 2.24) is 5.43 Å². The summed E-state index contributed by atoms with van der Waals surface area (Å²) >= 11 is 1.94. The zero-order chi connectivity index (χ0) is 14.4. The second-order valence-electron chi connectivity index (χ2n) is 7.35. The highest BCUT2D eigenvalue weighted by molar-refractivity contribution is 8.15. The van der Waals surface area contributed by atoms with E-state index in [9.17, 15) is 0 Å². The van der Waals surface area contributed by atoms with Gasteiger partial charge in [-0.05, 0) is 37.5 Å². The standard InChI is InChI=1S/C17H24N2S/c1-12-5-7-14(8-6-12)15-18-19-17(20-15)10-13(2)9-16(3,4)11-17/h5-8,13,19H,9-11H2,1-4H3/t13-,17-/m0/s1. The largest absolute Gasteiger partial charge is 0.292 e. The van der Waals surface area contributed by atoms with Crippen LogP contribution in [0.2, 0.25) is 0 Å². The number of hydrogen-bond donors (Lipinski definition) is 1. The molecule has 0 saturated heterocycles. The van der Waals surface area contributed by atoms with Crippen molar-refractivity contribution in [2.45, 2.75) is 51.8 Å². The summed E-state index contributed by atoms with van der Waals surface area (Å²) in [6.07, 6.45) is 3.71. The first-order chi connectivity index (χ1) is 9.38. The molecule has 3 heteroatoms. The number of benzene rings is 1. The lowest BCUT2D eigenvalue weighted by Crippen LogP contribution is -2.46. The minimum absolute atomic E-state index is 0.112. The molecule has 2 atom stereocenters. The van der Waals surface area contributed by atoms with E-state index in [0.717, 1.165) is 11.0 Å². The third kappa shape index (κ3) is 2.73. The zero-order valence-corrected chi connectivity index (χ0v) is 13.7. The van der Waals surface area contributed by atoms with Gasteiger partial charge in [-0.2, -0.15) is 5.10 Å². The number of nitrogens with zero attached hydrogens (tertiary/aromatic N) is 1. The molecule has 0 unspecified atom stereocenters. The minimum Gasteiger partial charge on any atom is -0.292 e. The van der Waals surface area contributed by atoms with E-state index in [1.165, 1.54) is 30.4 Å². The van der Waals surface area contributed by atoms with Crippen molar-refractivity contribution < 1.29 is 0 Å². The summed E-state index contributed by atoms with van der Waals surface area (Å²) in [4.78, 5) is 0.112. The number of nitrogens with one attached hydrogen (secondary N) is 1. The van der Waals surface area contributed by atoms with Gasteiger partial charge in [-0.25, -0.2) is 0 Å². The Morgan fingerprint density at radius 3 is 2.55 bits per heavy atom. The van der Waals surface area contributed by atoms with Crippen LogP contribution in [0.3, 0.4) is 0 Å². The Bertz CT molecular complexity index is 532. The normalized spacial score (nSPS) is 32.0. The van der Waals surface area contributed by atoms with Gasteiger partial charge in [0.2, 0.25) is 0 Å². The average Bonchev–Trinajstić information content (AvgIpc) is 2.70. The van der Waals surface area contributed by atoms with Crippen molar-refractivity contribution in [1.29, 1.82) is 0 Å². The van der Waals surface area contributed by atoms with Crippen LogP contribution in [0.5, 0.6) is 0 Å². The lowest BCUT2D eigenvalue weighted by molar-refractivity contribution is 0.137. The zero-order valence-electron chi connectivity index (χ0n) is 12.9. The number of hydrazone groups is 1. The summed E-state index contributed by atoms with van der Waals surface area (Å²) in [6, 6.07) is 8.69. The van der Waals surface area contributed by atoms with E-state index in [0.29, 0.717) is 5.41 Å². The minimum atomic E-state index is 0.112. The van der Waals surface area contributed by atoms with E-state index in [1.54, 1.807) is 0 Å². The monoisotopic (exact) mass is 288 g/mol. The van der Waals surface area contributed by atoms with Crippen molar-refractivity contribution in [3.63, 3.8) is 0 Å². The second kappa shape index (κ2) is 4.80. The highest BCUT2D eigenvalue weighted by Gasteiger charge is 2.46. The van der Waals surface area contributed by atoms with Gasteiger partial charge in [0.15, 0.2) is 0 Å². The van der Waals surface area contributed by atoms with Crippen LogP contribution in [0.15, 0.2) is 29.4 Å². The smallest absolute Gasteiger partial charge is 0.126 e. The Hall–Kier alpha value is -0.960. The molecular weight excluding hydrogens is 264 g/mol. The Balaban J connectivity index is 1.79. The van der Waals surface area contributed by atoms with E-state index >= 15 is 0 Å². The lowest BCUT2D eigenvalue weighted by Gasteiger charge is -2.44. The summed E-state index contributed by atoms with van der Waals surface area (Å²) in [5, 5.41) is 5.79. The molecule has 0 aromatic heterocycles. The lowest BCUT2D eigenvalue weighted by atomic mass is 9.70. The molecule has 1 aromatic rings. The molecule has 1 aromatic carbocycles. The topological polar surface area (TPSA) is 24.4 Å². The van der Waals surface area contributed by atoms with Gasteiger partial charge >= 0.3 is 0 Å². The Kier molecular flexibility index (Phi) is 3.36. The SMILES string of the molecule is Cc1ccc(C2=NN[C@@]3(C[C@@H](C)CC(C)(C)C3)S2)cc1. The molecule has 3 rings (SSSR count). The molecule has 0 bridgehead atoms. The maximum atomic E-state index is 4.64. The van der Waals surface area contributed by atoms with Crippen LogP contribution in [-0.2, 0) is 0 Å². The molecule has 1 fully saturated rings. The average molecular weight is 288 g/mol. The first-order valence-corrected chi connectivity index (χ1v) is 8.30. The van der Waals surface area contributed by atoms with Gasteiger partial charge < -0.3 is 0 Å². The third-order valence-corrected chi connectivity index (χ3v) is 5.61. The van der Waals surface area contributed by atoms with E-state index in [1.807, 2.05) is 11.8 Å². The predicted molar refractivity (Wildman–Crippen MR) is 88.0 cm³/mol. The first kappa shape index (κ1) is 14.0. The number of thioether (sulfide) groups is 1. The predicted octanol–water partition coefficient (Wildman–Crippen LogP) is 4.54. The summed E-state index contributed by atoms with van der Waals surface area (Å²) in [5.74, 6) is 0.756. The van der Waals surface area contributed by atoms with Gasteiger partial charge in [-0.3, -0.25) is 5.43 Å². The summed E-state index contributed by atoms with van der Waals surface area (Å²) in [6.45, 7) is 9.26. The number of rotatable bonds is 1. The van der Waals surface area contributed by atoms with Crippen LogP contribution in [0, 0.1) is 18.3 Å². The van der Waals surface area contributed by atoms with Crippen molar-refractivity contribution in [3.8, 4) is 0 Å². The maximum Gasteiger partial charge on any atom is 0.126 e. The Morgan fingerprint density at radius 1 is 1.20 bits per heavy atom. The van der Waals surface area contributed by atoms with Crippen molar-refractivity contribution in [2.24, 2.45) is 16.4 Å². The molecule has 108 valence electrons. The van der Waals surface area contributed by atoms with Gasteiger partial charge in [0.1, 0.15) is 9.91 Å². The molecule has 1 saturated carbocycles. The van der Waals surface area contributed by atoms with Crippen LogP contribution in [0.1, 0.15) is 51.2 Å². The molecule has 1 aliphatic heterocycles. The van der Waals surface area contributed by atoms with Gasteiger partial charge in [0.25, 0.3) is 0 Å². The molecule has 0 radical (unpaired) electrons. The van der Waals surface area contributed by atoms with Crippen LogP contribution < -0.4 is 5.43 Å². The maximum absolute atomic E-state index is 4.64. The molecule has 2 nitrogen and oxygen atoms in total. The van der Waals surface area contributed by atoms with Crippen LogP contribution in [0.25, 0.3) is 0 Å². The van der Waals surface area contributed by atoms with Gasteiger partial charge in [0, 0.05) is 5.56 Å². The van der Waals surface area contributed by atoms with Gasteiger partial charge in [-0.1, -0.05) is 62.4 Å². The first-order valence-electron chi connectivity index (χ1n) is 7.48. The van der Waals surface area contributed by atoms with Crippen LogP contribution in [0.4, 0.5) is 0 Å². The third-order valence-electron chi connectivity index (χ3n) is 4.30. The van der Waals surface area contributed by atoms with Crippen molar-refractivity contribution >= 4 is 16.8 Å². The molecule has 20 heavy (non-hydrogen) atoms. The fraction of sp³-hybridized carbons (Fsp3) is 0.588. The van der Waals surface area contributed by atoms with Crippen LogP contribution >= 0.6 is 11.8 Å². The summed E-state index contributed by atoms with van der Waals surface area (Å²) in [7, 11) is 0. The molecule has 1 spiro atoms. The molecule has 1 heterocycles. The fourth-order valence-electron chi connectivity index (χ4n) is 3.86. The number of hydrogen-bond acceptors (Lipinski definition) is 3. The second-order valence-corrected chi connectivity index (χ2v) is 8.72. The molecule has 2 aliphatic rings. The summed E-state index contributed by atoms with van der Waals surface area (Å²) < 4.78 is 0. The summed E-state index contributed by atoms with van der Waals surface area (Å²) in [5.41, 5.74) is 6.41. The fourth-order valence-corrected chi connectivity index (χ4v) is 5.50. The van der Waals surface area contributed by atoms with Crippen molar-refractivity contribution in [3.05, 3.63) is 35.4 Å². The Labute approximate surface area is 126 Å². The van der Waals surface area contributed by atoms with E-state index in [4.69, 9.17) is 0 Å². The van der Waals surface area contributed by atoms with Gasteiger partial charge in [0.05, 0.1) is 0 Å². The van der Waals surface area contributed by atoms with Crippen LogP contribution in [-0.4, -0.2) is 9.91 Å². The van der Waals surface area contributed by atoms with Gasteiger partial charge in [-0.15, -0.1) is 0 Å². The molecule has 1 N–H and O–H groups in total.